The second-order valence-corrected chi connectivity index (χ2v) is 4.17. The molecular weight excluding hydrogens is 232 g/mol. The minimum Gasteiger partial charge on any atom is -0.481 e. The van der Waals surface area contributed by atoms with Gasteiger partial charge >= 0.3 is 11.9 Å². The summed E-state index contributed by atoms with van der Waals surface area (Å²) in [6.07, 6.45) is 11.0. The van der Waals surface area contributed by atoms with E-state index in [9.17, 15) is 9.59 Å². The van der Waals surface area contributed by atoms with E-state index in [1.807, 2.05) is 0 Å². The van der Waals surface area contributed by atoms with Crippen molar-refractivity contribution in [3.8, 4) is 0 Å². The molecule has 0 saturated carbocycles. The van der Waals surface area contributed by atoms with Gasteiger partial charge in [0.15, 0.2) is 0 Å². The third-order valence-electron chi connectivity index (χ3n) is 2.71. The van der Waals surface area contributed by atoms with E-state index in [0.29, 0.717) is 12.8 Å². The summed E-state index contributed by atoms with van der Waals surface area (Å²) in [5, 5.41) is 17.3. The van der Waals surface area contributed by atoms with Crippen LogP contribution < -0.4 is 0 Å². The number of hydrogen-bond donors (Lipinski definition) is 2. The Morgan fingerprint density at radius 3 is 2.33 bits per heavy atom. The Morgan fingerprint density at radius 1 is 1.33 bits per heavy atom. The highest BCUT2D eigenvalue weighted by molar-refractivity contribution is 5.81. The summed E-state index contributed by atoms with van der Waals surface area (Å²) in [4.78, 5) is 21.1. The van der Waals surface area contributed by atoms with Crippen molar-refractivity contribution < 1.29 is 19.8 Å². The molecule has 4 nitrogen and oxygen atoms in total. The van der Waals surface area contributed by atoms with Crippen LogP contribution in [0.5, 0.6) is 0 Å². The zero-order valence-corrected chi connectivity index (χ0v) is 11.0. The highest BCUT2D eigenvalue weighted by atomic mass is 16.4. The number of carboxylic acid groups (broad SMARTS) is 2. The fourth-order valence-corrected chi connectivity index (χ4v) is 1.70. The van der Waals surface area contributed by atoms with E-state index in [1.165, 1.54) is 18.9 Å². The number of unbranched alkanes of at least 4 members (excludes halogenated alkanes) is 1. The van der Waals surface area contributed by atoms with E-state index in [-0.39, 0.29) is 0 Å². The third-order valence-corrected chi connectivity index (χ3v) is 2.71. The lowest BCUT2D eigenvalue weighted by atomic mass is 9.84. The lowest BCUT2D eigenvalue weighted by molar-refractivity contribution is -0.152. The minimum absolute atomic E-state index is 0.419. The largest absolute Gasteiger partial charge is 0.481 e. The third kappa shape index (κ3) is 6.23. The smallest absolute Gasteiger partial charge is 0.311 e. The summed E-state index contributed by atoms with van der Waals surface area (Å²) < 4.78 is 0. The molecule has 0 heterocycles. The van der Waals surface area contributed by atoms with Crippen molar-refractivity contribution in [2.45, 2.75) is 39.5 Å². The highest BCUT2D eigenvalue weighted by Gasteiger charge is 2.32. The van der Waals surface area contributed by atoms with Crippen LogP contribution in [0.25, 0.3) is 0 Å². The maximum atomic E-state index is 10.6. The summed E-state index contributed by atoms with van der Waals surface area (Å²) >= 11 is 0. The van der Waals surface area contributed by atoms with E-state index in [4.69, 9.17) is 10.2 Å². The Bertz CT molecular complexity index is 318. The molecule has 2 atom stereocenters. The molecule has 18 heavy (non-hydrogen) atoms. The molecular formula is C14H22O4. The van der Waals surface area contributed by atoms with Crippen molar-refractivity contribution in [1.29, 1.82) is 0 Å². The maximum Gasteiger partial charge on any atom is 0.311 e. The van der Waals surface area contributed by atoms with Gasteiger partial charge in [-0.25, -0.2) is 0 Å². The van der Waals surface area contributed by atoms with Gasteiger partial charge in [-0.2, -0.15) is 0 Å². The lowest BCUT2D eigenvalue weighted by Gasteiger charge is -2.19. The van der Waals surface area contributed by atoms with Gasteiger partial charge in [0, 0.05) is 0 Å². The van der Waals surface area contributed by atoms with E-state index in [2.05, 4.69) is 26.0 Å². The fraction of sp³-hybridized carbons (Fsp3) is 0.571. The van der Waals surface area contributed by atoms with Crippen molar-refractivity contribution in [2.75, 3.05) is 0 Å². The molecule has 0 bridgehead atoms. The summed E-state index contributed by atoms with van der Waals surface area (Å²) in [6, 6.07) is 0. The first-order chi connectivity index (χ1) is 8.54. The van der Waals surface area contributed by atoms with Gasteiger partial charge < -0.3 is 10.2 Å². The Morgan fingerprint density at radius 2 is 2.00 bits per heavy atom. The van der Waals surface area contributed by atoms with Crippen molar-refractivity contribution >= 4 is 11.9 Å². The Labute approximate surface area is 108 Å². The Kier molecular flexibility index (Phi) is 8.62. The van der Waals surface area contributed by atoms with Gasteiger partial charge in [0.25, 0.3) is 0 Å². The molecule has 0 amide bonds. The Hall–Kier alpha value is -1.58. The van der Waals surface area contributed by atoms with Crippen LogP contribution in [0, 0.1) is 11.8 Å². The summed E-state index contributed by atoms with van der Waals surface area (Å²) in [7, 11) is 0. The molecule has 2 unspecified atom stereocenters. The normalized spacial score (nSPS) is 22.3. The number of aliphatic carboxylic acids is 2. The quantitative estimate of drug-likeness (QED) is 0.756. The van der Waals surface area contributed by atoms with Gasteiger partial charge in [-0.1, -0.05) is 37.6 Å². The molecule has 0 aromatic heterocycles. The second-order valence-electron chi connectivity index (χ2n) is 4.17. The number of carboxylic acids is 2. The van der Waals surface area contributed by atoms with Gasteiger partial charge in [-0.3, -0.25) is 9.59 Å². The van der Waals surface area contributed by atoms with Crippen LogP contribution in [0.3, 0.4) is 0 Å². The topological polar surface area (TPSA) is 74.6 Å². The molecule has 0 aromatic carbocycles. The van der Waals surface area contributed by atoms with Gasteiger partial charge in [-0.05, 0) is 26.2 Å². The number of carbonyl (C=O) groups is 2. The molecule has 2 N–H and O–H groups in total. The van der Waals surface area contributed by atoms with Gasteiger partial charge in [0.1, 0.15) is 0 Å². The molecule has 1 aliphatic rings. The van der Waals surface area contributed by atoms with Crippen LogP contribution in [-0.2, 0) is 9.59 Å². The highest BCUT2D eigenvalue weighted by Crippen LogP contribution is 2.24. The van der Waals surface area contributed by atoms with Crippen LogP contribution >= 0.6 is 0 Å². The molecule has 0 spiro atoms. The molecule has 0 radical (unpaired) electrons. The average Bonchev–Trinajstić information content (AvgIpc) is 2.37. The summed E-state index contributed by atoms with van der Waals surface area (Å²) in [5.41, 5.74) is 0. The maximum absolute atomic E-state index is 10.6. The standard InChI is InChI=1S/C8H10O4.C6H12/c9-7(10)5-3-1-2-4-6(5)8(11)12;1-3-5-6-4-2/h1,3,5-6H,2,4H2,(H,9,10)(H,11,12);3,5H,4,6H2,1-2H3. The predicted molar refractivity (Wildman–Crippen MR) is 70.3 cm³/mol. The van der Waals surface area contributed by atoms with E-state index in [0.717, 1.165) is 0 Å². The second kappa shape index (κ2) is 9.45. The molecule has 1 rings (SSSR count). The van der Waals surface area contributed by atoms with Crippen LogP contribution in [0.1, 0.15) is 39.5 Å². The average molecular weight is 254 g/mol. The molecule has 0 fully saturated rings. The first-order valence-electron chi connectivity index (χ1n) is 6.28. The van der Waals surface area contributed by atoms with Crippen molar-refractivity contribution in [3.05, 3.63) is 24.3 Å². The molecule has 1 aliphatic carbocycles. The van der Waals surface area contributed by atoms with E-state index < -0.39 is 23.8 Å². The molecule has 0 aromatic rings. The molecule has 0 saturated heterocycles. The number of hydrogen-bond acceptors (Lipinski definition) is 2. The van der Waals surface area contributed by atoms with E-state index in [1.54, 1.807) is 6.08 Å². The fourth-order valence-electron chi connectivity index (χ4n) is 1.70. The van der Waals surface area contributed by atoms with Gasteiger partial charge in [-0.15, -0.1) is 0 Å². The van der Waals surface area contributed by atoms with Crippen molar-refractivity contribution in [1.82, 2.24) is 0 Å². The van der Waals surface area contributed by atoms with Crippen LogP contribution in [0.2, 0.25) is 0 Å². The number of rotatable bonds is 4. The van der Waals surface area contributed by atoms with Crippen molar-refractivity contribution in [3.63, 3.8) is 0 Å². The zero-order valence-electron chi connectivity index (χ0n) is 11.0. The van der Waals surface area contributed by atoms with Gasteiger partial charge in [0.2, 0.25) is 0 Å². The first kappa shape index (κ1) is 16.4. The first-order valence-corrected chi connectivity index (χ1v) is 6.28. The minimum atomic E-state index is -1.06. The molecule has 102 valence electrons. The van der Waals surface area contributed by atoms with Crippen LogP contribution in [0.15, 0.2) is 24.3 Å². The zero-order chi connectivity index (χ0) is 14.0. The van der Waals surface area contributed by atoms with E-state index >= 15 is 0 Å². The SMILES string of the molecule is CC=CCCC.O=C(O)C1C=CCCC1C(=O)O. The Balaban J connectivity index is 0.000000411. The number of allylic oxidation sites excluding steroid dienone is 3. The molecule has 0 aliphatic heterocycles. The predicted octanol–water partition coefficient (Wildman–Crippen LogP) is 3.10. The van der Waals surface area contributed by atoms with Gasteiger partial charge in [0.05, 0.1) is 11.8 Å². The summed E-state index contributed by atoms with van der Waals surface area (Å²) in [5.74, 6) is -3.69. The lowest BCUT2D eigenvalue weighted by Crippen LogP contribution is -2.30. The van der Waals surface area contributed by atoms with Crippen molar-refractivity contribution in [2.24, 2.45) is 11.8 Å². The summed E-state index contributed by atoms with van der Waals surface area (Å²) in [6.45, 7) is 4.23. The monoisotopic (exact) mass is 254 g/mol. The molecule has 4 heteroatoms. The van der Waals surface area contributed by atoms with Crippen LogP contribution in [-0.4, -0.2) is 22.2 Å². The van der Waals surface area contributed by atoms with Crippen LogP contribution in [0.4, 0.5) is 0 Å².